The summed E-state index contributed by atoms with van der Waals surface area (Å²) in [6.07, 6.45) is 9.52. The number of hydrogen-bond acceptors (Lipinski definition) is 4. The summed E-state index contributed by atoms with van der Waals surface area (Å²) < 4.78 is 5.67. The maximum absolute atomic E-state index is 6.07. The number of aromatic nitrogens is 1. The molecule has 0 aromatic carbocycles. The van der Waals surface area contributed by atoms with Gasteiger partial charge in [0, 0.05) is 10.8 Å². The first-order valence-electron chi connectivity index (χ1n) is 8.12. The summed E-state index contributed by atoms with van der Waals surface area (Å²) in [5.41, 5.74) is 7.13. The number of hydrogen-bond donors (Lipinski definition) is 1. The standard InChI is InChI=1S/C17H22N2OS/c18-17-15(14-6-3-9-21-14)16(20-19-17)13-8-7-11-4-1-2-5-12(11)10-13/h3,6,9,11-13H,1-2,4-5,7-8,10H2,(H2,18,19). The zero-order valence-corrected chi connectivity index (χ0v) is 13.1. The van der Waals surface area contributed by atoms with E-state index in [1.165, 1.54) is 49.8 Å². The van der Waals surface area contributed by atoms with Crippen LogP contribution >= 0.6 is 11.3 Å². The number of nitrogens with two attached hydrogens (primary N) is 1. The highest BCUT2D eigenvalue weighted by Gasteiger charge is 2.36. The van der Waals surface area contributed by atoms with Crippen LogP contribution in [0.15, 0.2) is 22.0 Å². The Hall–Kier alpha value is -1.29. The number of nitrogens with zero attached hydrogens (tertiary/aromatic N) is 1. The minimum absolute atomic E-state index is 0.506. The SMILES string of the molecule is Nc1noc(C2CCC3CCCCC3C2)c1-c1cccs1. The summed E-state index contributed by atoms with van der Waals surface area (Å²) in [7, 11) is 0. The molecule has 21 heavy (non-hydrogen) atoms. The van der Waals surface area contributed by atoms with Crippen molar-refractivity contribution in [2.75, 3.05) is 5.73 Å². The van der Waals surface area contributed by atoms with Crippen LogP contribution in [-0.4, -0.2) is 5.16 Å². The maximum atomic E-state index is 6.07. The van der Waals surface area contributed by atoms with Crippen molar-refractivity contribution in [3.8, 4) is 10.4 Å². The highest BCUT2D eigenvalue weighted by atomic mass is 32.1. The molecule has 0 amide bonds. The van der Waals surface area contributed by atoms with Crippen LogP contribution in [0, 0.1) is 11.8 Å². The second-order valence-corrected chi connectivity index (χ2v) is 7.55. The summed E-state index contributed by atoms with van der Waals surface area (Å²) in [6.45, 7) is 0. The van der Waals surface area contributed by atoms with Crippen LogP contribution in [0.3, 0.4) is 0 Å². The van der Waals surface area contributed by atoms with Gasteiger partial charge < -0.3 is 10.3 Å². The molecule has 4 heteroatoms. The van der Waals surface area contributed by atoms with Gasteiger partial charge in [0.2, 0.25) is 0 Å². The Labute approximate surface area is 129 Å². The molecule has 2 aromatic heterocycles. The molecule has 0 spiro atoms. The fourth-order valence-corrected chi connectivity index (χ4v) is 5.16. The Morgan fingerprint density at radius 1 is 1.14 bits per heavy atom. The third kappa shape index (κ3) is 2.39. The first-order valence-corrected chi connectivity index (χ1v) is 9.00. The van der Waals surface area contributed by atoms with Crippen LogP contribution in [0.2, 0.25) is 0 Å². The van der Waals surface area contributed by atoms with Gasteiger partial charge in [-0.3, -0.25) is 0 Å². The Morgan fingerprint density at radius 3 is 2.81 bits per heavy atom. The summed E-state index contributed by atoms with van der Waals surface area (Å²) >= 11 is 1.72. The molecule has 3 nitrogen and oxygen atoms in total. The van der Waals surface area contributed by atoms with Crippen LogP contribution in [0.25, 0.3) is 10.4 Å². The molecule has 0 radical (unpaired) electrons. The quantitative estimate of drug-likeness (QED) is 0.843. The fourth-order valence-electron chi connectivity index (χ4n) is 4.37. The molecule has 3 unspecified atom stereocenters. The van der Waals surface area contributed by atoms with Crippen molar-refractivity contribution in [3.05, 3.63) is 23.3 Å². The summed E-state index contributed by atoms with van der Waals surface area (Å²) in [4.78, 5) is 1.19. The molecule has 112 valence electrons. The first-order chi connectivity index (χ1) is 10.3. The van der Waals surface area contributed by atoms with E-state index >= 15 is 0 Å². The van der Waals surface area contributed by atoms with Crippen molar-refractivity contribution in [1.29, 1.82) is 0 Å². The van der Waals surface area contributed by atoms with E-state index in [4.69, 9.17) is 10.3 Å². The largest absolute Gasteiger partial charge is 0.380 e. The lowest BCUT2D eigenvalue weighted by Gasteiger charge is -2.38. The first kappa shape index (κ1) is 13.4. The van der Waals surface area contributed by atoms with Crippen molar-refractivity contribution in [2.45, 2.75) is 50.9 Å². The van der Waals surface area contributed by atoms with Crippen LogP contribution < -0.4 is 5.73 Å². The number of nitrogen functional groups attached to an aromatic ring is 1. The second kappa shape index (κ2) is 5.48. The molecular weight excluding hydrogens is 280 g/mol. The Morgan fingerprint density at radius 2 is 2.00 bits per heavy atom. The third-order valence-electron chi connectivity index (χ3n) is 5.42. The normalized spacial score (nSPS) is 29.2. The Balaban J connectivity index is 1.62. The average Bonchev–Trinajstić information content (AvgIpc) is 3.15. The molecule has 4 rings (SSSR count). The molecule has 0 aliphatic heterocycles. The van der Waals surface area contributed by atoms with E-state index in [0.29, 0.717) is 11.7 Å². The number of thiophene rings is 1. The van der Waals surface area contributed by atoms with Gasteiger partial charge >= 0.3 is 0 Å². The number of fused-ring (bicyclic) bond motifs is 1. The molecule has 2 aromatic rings. The van der Waals surface area contributed by atoms with Gasteiger partial charge in [-0.2, -0.15) is 0 Å². The molecule has 2 saturated carbocycles. The molecule has 2 N–H and O–H groups in total. The number of anilines is 1. The summed E-state index contributed by atoms with van der Waals surface area (Å²) in [6, 6.07) is 4.18. The molecule has 0 bridgehead atoms. The number of rotatable bonds is 2. The van der Waals surface area contributed by atoms with E-state index in [9.17, 15) is 0 Å². The van der Waals surface area contributed by atoms with Crippen LogP contribution in [-0.2, 0) is 0 Å². The molecule has 2 aliphatic rings. The monoisotopic (exact) mass is 302 g/mol. The topological polar surface area (TPSA) is 52.0 Å². The van der Waals surface area contributed by atoms with Gasteiger partial charge in [0.05, 0.1) is 5.56 Å². The lowest BCUT2D eigenvalue weighted by molar-refractivity contribution is 0.145. The van der Waals surface area contributed by atoms with E-state index in [2.05, 4.69) is 22.7 Å². The van der Waals surface area contributed by atoms with Crippen molar-refractivity contribution in [1.82, 2.24) is 5.16 Å². The van der Waals surface area contributed by atoms with Gasteiger partial charge in [0.15, 0.2) is 11.6 Å². The van der Waals surface area contributed by atoms with Crippen molar-refractivity contribution in [2.24, 2.45) is 11.8 Å². The van der Waals surface area contributed by atoms with Gasteiger partial charge in [-0.25, -0.2) is 0 Å². The third-order valence-corrected chi connectivity index (χ3v) is 6.31. The van der Waals surface area contributed by atoms with E-state index in [1.807, 2.05) is 0 Å². The van der Waals surface area contributed by atoms with E-state index in [1.54, 1.807) is 11.3 Å². The zero-order valence-electron chi connectivity index (χ0n) is 12.3. The average molecular weight is 302 g/mol. The van der Waals surface area contributed by atoms with Crippen molar-refractivity contribution < 1.29 is 4.52 Å². The molecule has 2 fully saturated rings. The van der Waals surface area contributed by atoms with Gasteiger partial charge in [0.25, 0.3) is 0 Å². The minimum atomic E-state index is 0.506. The van der Waals surface area contributed by atoms with Crippen molar-refractivity contribution in [3.63, 3.8) is 0 Å². The Kier molecular flexibility index (Phi) is 3.49. The molecule has 2 heterocycles. The van der Waals surface area contributed by atoms with Gasteiger partial charge in [-0.1, -0.05) is 36.9 Å². The van der Waals surface area contributed by atoms with Crippen LogP contribution in [0.4, 0.5) is 5.82 Å². The highest BCUT2D eigenvalue weighted by molar-refractivity contribution is 7.13. The molecule has 3 atom stereocenters. The summed E-state index contributed by atoms with van der Waals surface area (Å²) in [5, 5.41) is 6.15. The van der Waals surface area contributed by atoms with Crippen LogP contribution in [0.5, 0.6) is 0 Å². The zero-order chi connectivity index (χ0) is 14.2. The van der Waals surface area contributed by atoms with Gasteiger partial charge in [-0.05, 0) is 42.5 Å². The molecule has 0 saturated heterocycles. The predicted molar refractivity (Wildman–Crippen MR) is 86.3 cm³/mol. The fraction of sp³-hybridized carbons (Fsp3) is 0.588. The minimum Gasteiger partial charge on any atom is -0.380 e. The predicted octanol–water partition coefficient (Wildman–Crippen LogP) is 5.06. The summed E-state index contributed by atoms with van der Waals surface area (Å²) in [5.74, 6) is 3.95. The van der Waals surface area contributed by atoms with Crippen LogP contribution in [0.1, 0.15) is 56.6 Å². The van der Waals surface area contributed by atoms with Crippen molar-refractivity contribution >= 4 is 17.2 Å². The maximum Gasteiger partial charge on any atom is 0.175 e. The highest BCUT2D eigenvalue weighted by Crippen LogP contribution is 2.48. The van der Waals surface area contributed by atoms with E-state index in [0.717, 1.165) is 23.2 Å². The lowest BCUT2D eigenvalue weighted by Crippen LogP contribution is -2.26. The second-order valence-electron chi connectivity index (χ2n) is 6.60. The molecular formula is C17H22N2OS. The van der Waals surface area contributed by atoms with E-state index < -0.39 is 0 Å². The molecule has 2 aliphatic carbocycles. The van der Waals surface area contributed by atoms with Gasteiger partial charge in [-0.15, -0.1) is 11.3 Å². The lowest BCUT2D eigenvalue weighted by atomic mass is 9.67. The smallest absolute Gasteiger partial charge is 0.175 e. The Bertz CT molecular complexity index is 604. The van der Waals surface area contributed by atoms with E-state index in [-0.39, 0.29) is 0 Å². The van der Waals surface area contributed by atoms with Gasteiger partial charge in [0.1, 0.15) is 0 Å².